The third-order valence-electron chi connectivity index (χ3n) is 2.23. The molecule has 0 aliphatic carbocycles. The van der Waals surface area contributed by atoms with Crippen molar-refractivity contribution in [1.29, 1.82) is 0 Å². The van der Waals surface area contributed by atoms with Gasteiger partial charge in [0.1, 0.15) is 0 Å². The Balaban J connectivity index is 2.31. The SMILES string of the molecule is CC(C)(C)OCCOCc1cccc(NC(N)=O)c1. The molecule has 0 saturated heterocycles. The molecule has 3 N–H and O–H groups in total. The Bertz CT molecular complexity index is 413. The fourth-order valence-corrected chi connectivity index (χ4v) is 1.48. The number of benzene rings is 1. The molecule has 1 aromatic carbocycles. The van der Waals surface area contributed by atoms with Gasteiger partial charge in [-0.25, -0.2) is 4.79 Å². The molecule has 0 saturated carbocycles. The van der Waals surface area contributed by atoms with E-state index >= 15 is 0 Å². The first kappa shape index (κ1) is 15.5. The van der Waals surface area contributed by atoms with Crippen LogP contribution in [0.4, 0.5) is 10.5 Å². The Labute approximate surface area is 114 Å². The number of nitrogens with one attached hydrogen (secondary N) is 1. The zero-order chi connectivity index (χ0) is 14.3. The van der Waals surface area contributed by atoms with Gasteiger partial charge in [0, 0.05) is 5.69 Å². The number of hydrogen-bond donors (Lipinski definition) is 2. The van der Waals surface area contributed by atoms with E-state index in [0.29, 0.717) is 25.5 Å². The van der Waals surface area contributed by atoms with Crippen molar-refractivity contribution in [3.63, 3.8) is 0 Å². The number of carbonyl (C=O) groups is 1. The van der Waals surface area contributed by atoms with Gasteiger partial charge in [-0.3, -0.25) is 0 Å². The van der Waals surface area contributed by atoms with Crippen molar-refractivity contribution in [1.82, 2.24) is 0 Å². The number of hydrogen-bond acceptors (Lipinski definition) is 3. The normalized spacial score (nSPS) is 11.3. The first-order valence-corrected chi connectivity index (χ1v) is 6.24. The Morgan fingerprint density at radius 3 is 2.68 bits per heavy atom. The highest BCUT2D eigenvalue weighted by molar-refractivity contribution is 5.87. The van der Waals surface area contributed by atoms with Gasteiger partial charge in [0.15, 0.2) is 0 Å². The van der Waals surface area contributed by atoms with Crippen molar-refractivity contribution in [2.45, 2.75) is 33.0 Å². The summed E-state index contributed by atoms with van der Waals surface area (Å²) in [5.74, 6) is 0. The summed E-state index contributed by atoms with van der Waals surface area (Å²) in [7, 11) is 0. The molecule has 0 unspecified atom stereocenters. The molecule has 19 heavy (non-hydrogen) atoms. The zero-order valence-corrected chi connectivity index (χ0v) is 11.7. The maximum Gasteiger partial charge on any atom is 0.316 e. The summed E-state index contributed by atoms with van der Waals surface area (Å²) in [4.78, 5) is 10.7. The summed E-state index contributed by atoms with van der Waals surface area (Å²) >= 11 is 0. The lowest BCUT2D eigenvalue weighted by molar-refractivity contribution is -0.0376. The van der Waals surface area contributed by atoms with Gasteiger partial charge in [-0.15, -0.1) is 0 Å². The highest BCUT2D eigenvalue weighted by atomic mass is 16.5. The Kier molecular flexibility index (Phi) is 5.79. The highest BCUT2D eigenvalue weighted by Crippen LogP contribution is 2.11. The van der Waals surface area contributed by atoms with Gasteiger partial charge in [-0.05, 0) is 38.5 Å². The second-order valence-corrected chi connectivity index (χ2v) is 5.20. The second kappa shape index (κ2) is 7.11. The minimum atomic E-state index is -0.573. The predicted molar refractivity (Wildman–Crippen MR) is 75.0 cm³/mol. The molecule has 0 aliphatic rings. The molecule has 106 valence electrons. The van der Waals surface area contributed by atoms with Crippen LogP contribution in [0.5, 0.6) is 0 Å². The van der Waals surface area contributed by atoms with Crippen LogP contribution in [0, 0.1) is 0 Å². The fourth-order valence-electron chi connectivity index (χ4n) is 1.48. The molecule has 5 heteroatoms. The van der Waals surface area contributed by atoms with Crippen molar-refractivity contribution >= 4 is 11.7 Å². The van der Waals surface area contributed by atoms with Crippen LogP contribution in [0.15, 0.2) is 24.3 Å². The van der Waals surface area contributed by atoms with Crippen molar-refractivity contribution in [2.75, 3.05) is 18.5 Å². The lowest BCUT2D eigenvalue weighted by Gasteiger charge is -2.19. The molecular formula is C14H22N2O3. The van der Waals surface area contributed by atoms with Gasteiger partial charge in [-0.2, -0.15) is 0 Å². The molecule has 2 amide bonds. The largest absolute Gasteiger partial charge is 0.374 e. The smallest absolute Gasteiger partial charge is 0.316 e. The van der Waals surface area contributed by atoms with Gasteiger partial charge in [0.2, 0.25) is 0 Å². The Morgan fingerprint density at radius 2 is 2.05 bits per heavy atom. The highest BCUT2D eigenvalue weighted by Gasteiger charge is 2.08. The molecule has 0 aromatic heterocycles. The molecule has 0 fully saturated rings. The second-order valence-electron chi connectivity index (χ2n) is 5.20. The van der Waals surface area contributed by atoms with Crippen LogP contribution in [0.2, 0.25) is 0 Å². The van der Waals surface area contributed by atoms with E-state index in [0.717, 1.165) is 5.56 Å². The molecular weight excluding hydrogens is 244 g/mol. The number of nitrogens with two attached hydrogens (primary N) is 1. The van der Waals surface area contributed by atoms with Crippen LogP contribution in [0.3, 0.4) is 0 Å². The third-order valence-corrected chi connectivity index (χ3v) is 2.23. The van der Waals surface area contributed by atoms with Crippen LogP contribution in [0.1, 0.15) is 26.3 Å². The fraction of sp³-hybridized carbons (Fsp3) is 0.500. The van der Waals surface area contributed by atoms with Crippen molar-refractivity contribution in [3.8, 4) is 0 Å². The number of urea groups is 1. The number of ether oxygens (including phenoxy) is 2. The molecule has 5 nitrogen and oxygen atoms in total. The molecule has 0 heterocycles. The average Bonchev–Trinajstić information content (AvgIpc) is 2.26. The number of anilines is 1. The van der Waals surface area contributed by atoms with E-state index in [1.165, 1.54) is 0 Å². The molecule has 0 radical (unpaired) electrons. The standard InChI is InChI=1S/C14H22N2O3/c1-14(2,3)19-8-7-18-10-11-5-4-6-12(9-11)16-13(15)17/h4-6,9H,7-8,10H2,1-3H3,(H3,15,16,17). The van der Waals surface area contributed by atoms with Crippen molar-refractivity contribution in [3.05, 3.63) is 29.8 Å². The topological polar surface area (TPSA) is 73.6 Å². The van der Waals surface area contributed by atoms with Crippen LogP contribution >= 0.6 is 0 Å². The summed E-state index contributed by atoms with van der Waals surface area (Å²) in [6.07, 6.45) is 0. The maximum atomic E-state index is 10.7. The van der Waals surface area contributed by atoms with E-state index in [1.807, 2.05) is 39.0 Å². The van der Waals surface area contributed by atoms with E-state index in [9.17, 15) is 4.79 Å². The van der Waals surface area contributed by atoms with E-state index in [4.69, 9.17) is 15.2 Å². The summed E-state index contributed by atoms with van der Waals surface area (Å²) in [5, 5.41) is 2.53. The molecule has 0 spiro atoms. The van der Waals surface area contributed by atoms with Crippen LogP contribution in [0.25, 0.3) is 0 Å². The monoisotopic (exact) mass is 266 g/mol. The lowest BCUT2D eigenvalue weighted by atomic mass is 10.2. The van der Waals surface area contributed by atoms with E-state index < -0.39 is 6.03 Å². The summed E-state index contributed by atoms with van der Waals surface area (Å²) in [6.45, 7) is 7.58. The number of amides is 2. The van der Waals surface area contributed by atoms with Crippen molar-refractivity contribution < 1.29 is 14.3 Å². The number of carbonyl (C=O) groups excluding carboxylic acids is 1. The minimum absolute atomic E-state index is 0.144. The summed E-state index contributed by atoms with van der Waals surface area (Å²) < 4.78 is 11.1. The van der Waals surface area contributed by atoms with Gasteiger partial charge >= 0.3 is 6.03 Å². The Hall–Kier alpha value is -1.59. The number of rotatable bonds is 6. The molecule has 0 bridgehead atoms. The van der Waals surface area contributed by atoms with Crippen LogP contribution < -0.4 is 11.1 Å². The quantitative estimate of drug-likeness (QED) is 0.777. The Morgan fingerprint density at radius 1 is 1.32 bits per heavy atom. The van der Waals surface area contributed by atoms with Gasteiger partial charge in [-0.1, -0.05) is 12.1 Å². The summed E-state index contributed by atoms with van der Waals surface area (Å²) in [5.41, 5.74) is 6.55. The van der Waals surface area contributed by atoms with E-state index in [2.05, 4.69) is 5.32 Å². The average molecular weight is 266 g/mol. The minimum Gasteiger partial charge on any atom is -0.374 e. The third kappa shape index (κ3) is 7.43. The molecule has 1 aromatic rings. The van der Waals surface area contributed by atoms with Crippen LogP contribution in [-0.4, -0.2) is 24.8 Å². The maximum absolute atomic E-state index is 10.7. The lowest BCUT2D eigenvalue weighted by Crippen LogP contribution is -2.21. The predicted octanol–water partition coefficient (Wildman–Crippen LogP) is 2.51. The van der Waals surface area contributed by atoms with Crippen LogP contribution in [-0.2, 0) is 16.1 Å². The van der Waals surface area contributed by atoms with Gasteiger partial charge in [0.25, 0.3) is 0 Å². The zero-order valence-electron chi connectivity index (χ0n) is 11.7. The van der Waals surface area contributed by atoms with Gasteiger partial charge in [0.05, 0.1) is 25.4 Å². The van der Waals surface area contributed by atoms with Gasteiger partial charge < -0.3 is 20.5 Å². The first-order valence-electron chi connectivity index (χ1n) is 6.24. The summed E-state index contributed by atoms with van der Waals surface area (Å²) in [6, 6.07) is 6.80. The molecule has 0 atom stereocenters. The first-order chi connectivity index (χ1) is 8.87. The van der Waals surface area contributed by atoms with E-state index in [1.54, 1.807) is 6.07 Å². The molecule has 0 aliphatic heterocycles. The van der Waals surface area contributed by atoms with E-state index in [-0.39, 0.29) is 5.60 Å². The molecule has 1 rings (SSSR count). The van der Waals surface area contributed by atoms with Crippen molar-refractivity contribution in [2.24, 2.45) is 5.73 Å². The number of primary amides is 1.